The number of halogens is 1. The van der Waals surface area contributed by atoms with Gasteiger partial charge in [0.15, 0.2) is 0 Å². The topological polar surface area (TPSA) is 55.1 Å². The molecule has 3 N–H and O–H groups in total. The van der Waals surface area contributed by atoms with Gasteiger partial charge in [-0.25, -0.2) is 4.39 Å². The number of nitrogens with one attached hydrogen (secondary N) is 1. The molecule has 4 heteroatoms. The van der Waals surface area contributed by atoms with Crippen molar-refractivity contribution in [2.45, 2.75) is 43.9 Å². The van der Waals surface area contributed by atoms with E-state index in [-0.39, 0.29) is 23.6 Å². The Morgan fingerprint density at radius 3 is 2.28 bits per heavy atom. The lowest BCUT2D eigenvalue weighted by atomic mass is 9.82. The Morgan fingerprint density at radius 1 is 0.938 bits per heavy atom. The number of amides is 1. The van der Waals surface area contributed by atoms with Crippen LogP contribution in [0.2, 0.25) is 0 Å². The van der Waals surface area contributed by atoms with Gasteiger partial charge in [0.1, 0.15) is 5.82 Å². The van der Waals surface area contributed by atoms with Crippen molar-refractivity contribution in [3.05, 3.63) is 95.3 Å². The van der Waals surface area contributed by atoms with Crippen LogP contribution in [0.5, 0.6) is 0 Å². The summed E-state index contributed by atoms with van der Waals surface area (Å²) in [5.41, 5.74) is 10.8. The number of primary amides is 1. The van der Waals surface area contributed by atoms with Gasteiger partial charge < -0.3 is 11.1 Å². The molecule has 1 aliphatic heterocycles. The molecule has 0 radical (unpaired) electrons. The fourth-order valence-corrected chi connectivity index (χ4v) is 4.77. The zero-order valence-electron chi connectivity index (χ0n) is 18.4. The van der Waals surface area contributed by atoms with E-state index in [1.165, 1.54) is 16.7 Å². The molecule has 1 saturated heterocycles. The Kier molecular flexibility index (Phi) is 7.33. The van der Waals surface area contributed by atoms with Crippen LogP contribution in [0.15, 0.2) is 72.8 Å². The predicted molar refractivity (Wildman–Crippen MR) is 128 cm³/mol. The number of rotatable bonds is 8. The third kappa shape index (κ3) is 5.43. The molecule has 3 aromatic carbocycles. The highest BCUT2D eigenvalue weighted by Gasteiger charge is 2.22. The highest BCUT2D eigenvalue weighted by Crippen LogP contribution is 2.35. The van der Waals surface area contributed by atoms with Crippen molar-refractivity contribution in [3.63, 3.8) is 0 Å². The van der Waals surface area contributed by atoms with Gasteiger partial charge in [-0.15, -0.1) is 0 Å². The van der Waals surface area contributed by atoms with Crippen LogP contribution in [-0.4, -0.2) is 19.0 Å². The fraction of sp³-hybridized carbons (Fsp3) is 0.321. The summed E-state index contributed by atoms with van der Waals surface area (Å²) in [6, 6.07) is 24.5. The van der Waals surface area contributed by atoms with E-state index in [9.17, 15) is 9.18 Å². The molecule has 0 aromatic heterocycles. The van der Waals surface area contributed by atoms with Crippen molar-refractivity contribution >= 4 is 5.91 Å². The standard InChI is InChI=1S/C28H31FN2O/c29-27-14-13-24(19-26(27)23-15-17-31-18-16-23)25(7-4-8-28(30)32)22-11-9-21(10-12-22)20-5-2-1-3-6-20/h1-3,5-6,9-14,19,23,25,31H,4,7-8,15-18H2,(H2,30,32). The first-order chi connectivity index (χ1) is 15.6. The smallest absolute Gasteiger partial charge is 0.217 e. The van der Waals surface area contributed by atoms with Crippen molar-refractivity contribution in [3.8, 4) is 11.1 Å². The van der Waals surface area contributed by atoms with Crippen molar-refractivity contribution in [1.29, 1.82) is 0 Å². The molecule has 0 bridgehead atoms. The van der Waals surface area contributed by atoms with E-state index in [4.69, 9.17) is 5.73 Å². The minimum Gasteiger partial charge on any atom is -0.370 e. The summed E-state index contributed by atoms with van der Waals surface area (Å²) in [4.78, 5) is 11.3. The summed E-state index contributed by atoms with van der Waals surface area (Å²) < 4.78 is 14.7. The molecule has 32 heavy (non-hydrogen) atoms. The van der Waals surface area contributed by atoms with Crippen LogP contribution < -0.4 is 11.1 Å². The lowest BCUT2D eigenvalue weighted by molar-refractivity contribution is -0.118. The number of carbonyl (C=O) groups excluding carboxylic acids is 1. The average molecular weight is 431 g/mol. The molecule has 4 rings (SSSR count). The molecular weight excluding hydrogens is 399 g/mol. The number of hydrogen-bond acceptors (Lipinski definition) is 2. The van der Waals surface area contributed by atoms with Crippen LogP contribution in [0, 0.1) is 5.82 Å². The second-order valence-corrected chi connectivity index (χ2v) is 8.70. The first-order valence-electron chi connectivity index (χ1n) is 11.6. The van der Waals surface area contributed by atoms with E-state index in [1.54, 1.807) is 6.07 Å². The molecule has 0 aliphatic carbocycles. The quantitative estimate of drug-likeness (QED) is 0.478. The molecule has 166 valence electrons. The number of piperidine rings is 1. The summed E-state index contributed by atoms with van der Waals surface area (Å²) in [7, 11) is 0. The minimum absolute atomic E-state index is 0.0974. The summed E-state index contributed by atoms with van der Waals surface area (Å²) in [5, 5.41) is 3.36. The maximum atomic E-state index is 14.7. The first kappa shape index (κ1) is 22.2. The number of benzene rings is 3. The summed E-state index contributed by atoms with van der Waals surface area (Å²) in [6.45, 7) is 1.86. The molecule has 0 spiro atoms. The zero-order chi connectivity index (χ0) is 22.3. The number of carbonyl (C=O) groups is 1. The average Bonchev–Trinajstić information content (AvgIpc) is 2.83. The van der Waals surface area contributed by atoms with Gasteiger partial charge in [-0.05, 0) is 78.6 Å². The number of nitrogens with two attached hydrogens (primary N) is 1. The molecule has 1 unspecified atom stereocenters. The van der Waals surface area contributed by atoms with Crippen LogP contribution in [0.3, 0.4) is 0 Å². The summed E-state index contributed by atoms with van der Waals surface area (Å²) in [6.07, 6.45) is 3.78. The van der Waals surface area contributed by atoms with Crippen LogP contribution >= 0.6 is 0 Å². The Morgan fingerprint density at radius 2 is 1.59 bits per heavy atom. The third-order valence-electron chi connectivity index (χ3n) is 6.54. The molecule has 1 amide bonds. The largest absolute Gasteiger partial charge is 0.370 e. The van der Waals surface area contributed by atoms with E-state index in [2.05, 4.69) is 47.8 Å². The minimum atomic E-state index is -0.280. The molecule has 1 heterocycles. The Bertz CT molecular complexity index is 1030. The third-order valence-corrected chi connectivity index (χ3v) is 6.54. The lowest BCUT2D eigenvalue weighted by Gasteiger charge is -2.25. The first-order valence-corrected chi connectivity index (χ1v) is 11.6. The molecule has 3 aromatic rings. The highest BCUT2D eigenvalue weighted by atomic mass is 19.1. The van der Waals surface area contributed by atoms with Crippen LogP contribution in [0.1, 0.15) is 60.6 Å². The van der Waals surface area contributed by atoms with Gasteiger partial charge in [-0.2, -0.15) is 0 Å². The van der Waals surface area contributed by atoms with Gasteiger partial charge in [0.25, 0.3) is 0 Å². The molecule has 0 saturated carbocycles. The van der Waals surface area contributed by atoms with E-state index in [1.807, 2.05) is 24.3 Å². The van der Waals surface area contributed by atoms with Crippen LogP contribution in [0.25, 0.3) is 11.1 Å². The van der Waals surface area contributed by atoms with Crippen LogP contribution in [-0.2, 0) is 4.79 Å². The van der Waals surface area contributed by atoms with Gasteiger partial charge in [0.05, 0.1) is 0 Å². The molecule has 1 aliphatic rings. The van der Waals surface area contributed by atoms with Crippen molar-refractivity contribution in [2.24, 2.45) is 5.73 Å². The van der Waals surface area contributed by atoms with E-state index >= 15 is 0 Å². The molecule has 1 fully saturated rings. The molecular formula is C28H31FN2O. The van der Waals surface area contributed by atoms with Crippen LogP contribution in [0.4, 0.5) is 4.39 Å². The summed E-state index contributed by atoms with van der Waals surface area (Å²) in [5.74, 6) is -0.0446. The zero-order valence-corrected chi connectivity index (χ0v) is 18.4. The molecule has 3 nitrogen and oxygen atoms in total. The van der Waals surface area contributed by atoms with E-state index < -0.39 is 0 Å². The normalized spacial score (nSPS) is 15.4. The van der Waals surface area contributed by atoms with Gasteiger partial charge in [0, 0.05) is 12.3 Å². The maximum absolute atomic E-state index is 14.7. The van der Waals surface area contributed by atoms with E-state index in [0.29, 0.717) is 12.8 Å². The number of hydrogen-bond donors (Lipinski definition) is 2. The van der Waals surface area contributed by atoms with Gasteiger partial charge >= 0.3 is 0 Å². The second kappa shape index (κ2) is 10.6. The second-order valence-electron chi connectivity index (χ2n) is 8.70. The lowest BCUT2D eigenvalue weighted by Crippen LogP contribution is -2.27. The maximum Gasteiger partial charge on any atom is 0.217 e. The predicted octanol–water partition coefficient (Wildman–Crippen LogP) is 5.75. The Hall–Kier alpha value is -2.98. The SMILES string of the molecule is NC(=O)CCCC(c1ccc(-c2ccccc2)cc1)c1ccc(F)c(C2CCNCC2)c1. The van der Waals surface area contributed by atoms with Gasteiger partial charge in [0.2, 0.25) is 5.91 Å². The monoisotopic (exact) mass is 430 g/mol. The van der Waals surface area contributed by atoms with Crippen molar-refractivity contribution in [1.82, 2.24) is 5.32 Å². The van der Waals surface area contributed by atoms with Crippen molar-refractivity contribution in [2.75, 3.05) is 13.1 Å². The van der Waals surface area contributed by atoms with Gasteiger partial charge in [-0.3, -0.25) is 4.79 Å². The van der Waals surface area contributed by atoms with Gasteiger partial charge in [-0.1, -0.05) is 66.7 Å². The van der Waals surface area contributed by atoms with E-state index in [0.717, 1.165) is 43.5 Å². The summed E-state index contributed by atoms with van der Waals surface area (Å²) >= 11 is 0. The molecule has 1 atom stereocenters. The highest BCUT2D eigenvalue weighted by molar-refractivity contribution is 5.73. The fourth-order valence-electron chi connectivity index (χ4n) is 4.77. The van der Waals surface area contributed by atoms with Crippen molar-refractivity contribution < 1.29 is 9.18 Å². The Labute approximate surface area is 189 Å². The Balaban J connectivity index is 1.64.